The fourth-order valence-corrected chi connectivity index (χ4v) is 2.12. The second kappa shape index (κ2) is 7.12. The molecule has 1 aromatic carbocycles. The van der Waals surface area contributed by atoms with Crippen molar-refractivity contribution in [3.05, 3.63) is 23.5 Å². The van der Waals surface area contributed by atoms with Crippen molar-refractivity contribution >= 4 is 17.3 Å². The number of nitrogen functional groups attached to an aromatic ring is 1. The zero-order valence-corrected chi connectivity index (χ0v) is 12.6. The third kappa shape index (κ3) is 3.40. The number of hydrogen-bond acceptors (Lipinski definition) is 4. The van der Waals surface area contributed by atoms with Gasteiger partial charge in [-0.15, -0.1) is 0 Å². The minimum Gasteiger partial charge on any atom is -0.462 e. The SMILES string of the molecule is CCOC(=O)c1cc(N(CC)C(C)CC)c(F)cc1N. The summed E-state index contributed by atoms with van der Waals surface area (Å²) in [5.74, 6) is -0.941. The Balaban J connectivity index is 3.26. The van der Waals surface area contributed by atoms with Gasteiger partial charge in [0.25, 0.3) is 0 Å². The highest BCUT2D eigenvalue weighted by molar-refractivity contribution is 5.96. The van der Waals surface area contributed by atoms with Gasteiger partial charge < -0.3 is 15.4 Å². The van der Waals surface area contributed by atoms with Crippen LogP contribution in [-0.2, 0) is 4.74 Å². The topological polar surface area (TPSA) is 55.6 Å². The number of ether oxygens (including phenoxy) is 1. The Morgan fingerprint density at radius 3 is 2.55 bits per heavy atom. The van der Waals surface area contributed by atoms with Crippen LogP contribution in [0.1, 0.15) is 44.5 Å². The Labute approximate surface area is 119 Å². The summed E-state index contributed by atoms with van der Waals surface area (Å²) in [6.07, 6.45) is 0.881. The van der Waals surface area contributed by atoms with Gasteiger partial charge in [-0.25, -0.2) is 9.18 Å². The van der Waals surface area contributed by atoms with Crippen LogP contribution in [0.25, 0.3) is 0 Å². The normalized spacial score (nSPS) is 12.1. The number of esters is 1. The van der Waals surface area contributed by atoms with E-state index < -0.39 is 11.8 Å². The Bertz CT molecular complexity index is 477. The lowest BCUT2D eigenvalue weighted by molar-refractivity contribution is 0.0527. The van der Waals surface area contributed by atoms with Gasteiger partial charge in [0.1, 0.15) is 5.82 Å². The molecule has 4 nitrogen and oxygen atoms in total. The molecule has 0 spiro atoms. The Kier molecular flexibility index (Phi) is 5.80. The van der Waals surface area contributed by atoms with E-state index in [1.807, 2.05) is 25.7 Å². The van der Waals surface area contributed by atoms with Gasteiger partial charge in [-0.05, 0) is 39.3 Å². The van der Waals surface area contributed by atoms with Gasteiger partial charge in [-0.2, -0.15) is 0 Å². The minimum atomic E-state index is -0.522. The number of benzene rings is 1. The molecule has 112 valence electrons. The van der Waals surface area contributed by atoms with Crippen LogP contribution in [0.3, 0.4) is 0 Å². The molecule has 0 aliphatic rings. The second-order valence-corrected chi connectivity index (χ2v) is 4.65. The summed E-state index contributed by atoms with van der Waals surface area (Å²) >= 11 is 0. The van der Waals surface area contributed by atoms with Crippen molar-refractivity contribution in [3.63, 3.8) is 0 Å². The molecule has 0 radical (unpaired) electrons. The molecule has 0 aromatic heterocycles. The molecular weight excluding hydrogens is 259 g/mol. The Hall–Kier alpha value is -1.78. The van der Waals surface area contributed by atoms with Crippen molar-refractivity contribution in [1.29, 1.82) is 0 Å². The van der Waals surface area contributed by atoms with E-state index in [1.54, 1.807) is 6.92 Å². The van der Waals surface area contributed by atoms with E-state index in [2.05, 4.69) is 0 Å². The summed E-state index contributed by atoms with van der Waals surface area (Å²) in [4.78, 5) is 13.8. The highest BCUT2D eigenvalue weighted by Crippen LogP contribution is 2.28. The molecule has 5 heteroatoms. The van der Waals surface area contributed by atoms with Crippen LogP contribution in [0.2, 0.25) is 0 Å². The minimum absolute atomic E-state index is 0.102. The van der Waals surface area contributed by atoms with Gasteiger partial charge in [0.15, 0.2) is 0 Å². The maximum Gasteiger partial charge on any atom is 0.340 e. The van der Waals surface area contributed by atoms with Crippen LogP contribution in [0.15, 0.2) is 12.1 Å². The predicted molar refractivity (Wildman–Crippen MR) is 79.5 cm³/mol. The molecule has 0 bridgehead atoms. The van der Waals surface area contributed by atoms with Crippen molar-refractivity contribution in [2.24, 2.45) is 0 Å². The second-order valence-electron chi connectivity index (χ2n) is 4.65. The zero-order valence-electron chi connectivity index (χ0n) is 12.6. The largest absolute Gasteiger partial charge is 0.462 e. The van der Waals surface area contributed by atoms with Crippen molar-refractivity contribution in [2.45, 2.75) is 40.2 Å². The van der Waals surface area contributed by atoms with E-state index in [-0.39, 0.29) is 23.9 Å². The average molecular weight is 282 g/mol. The van der Waals surface area contributed by atoms with Gasteiger partial charge in [0, 0.05) is 18.3 Å². The number of nitrogens with two attached hydrogens (primary N) is 1. The van der Waals surface area contributed by atoms with E-state index >= 15 is 0 Å². The summed E-state index contributed by atoms with van der Waals surface area (Å²) in [5.41, 5.74) is 6.42. The highest BCUT2D eigenvalue weighted by atomic mass is 19.1. The lowest BCUT2D eigenvalue weighted by Gasteiger charge is -2.30. The van der Waals surface area contributed by atoms with E-state index in [4.69, 9.17) is 10.5 Å². The Morgan fingerprint density at radius 2 is 2.05 bits per heavy atom. The predicted octanol–water partition coefficient (Wildman–Crippen LogP) is 3.21. The molecule has 1 unspecified atom stereocenters. The molecule has 0 aliphatic heterocycles. The van der Waals surface area contributed by atoms with Crippen molar-refractivity contribution in [2.75, 3.05) is 23.8 Å². The first-order chi connectivity index (χ1) is 9.46. The standard InChI is InChI=1S/C15H23FN2O2/c1-5-10(4)18(6-2)14-8-11(15(19)20-7-3)13(17)9-12(14)16/h8-10H,5-7,17H2,1-4H3. The van der Waals surface area contributed by atoms with E-state index in [9.17, 15) is 9.18 Å². The fourth-order valence-electron chi connectivity index (χ4n) is 2.12. The summed E-state index contributed by atoms with van der Waals surface area (Å²) in [7, 11) is 0. The molecule has 0 amide bonds. The third-order valence-electron chi connectivity index (χ3n) is 3.39. The van der Waals surface area contributed by atoms with E-state index in [0.717, 1.165) is 6.42 Å². The number of halogens is 1. The quantitative estimate of drug-likeness (QED) is 0.643. The number of nitrogens with zero attached hydrogens (tertiary/aromatic N) is 1. The monoisotopic (exact) mass is 282 g/mol. The summed E-state index contributed by atoms with van der Waals surface area (Å²) in [6, 6.07) is 2.85. The van der Waals surface area contributed by atoms with Gasteiger partial charge >= 0.3 is 5.97 Å². The van der Waals surface area contributed by atoms with Crippen molar-refractivity contribution < 1.29 is 13.9 Å². The van der Waals surface area contributed by atoms with Crippen LogP contribution in [-0.4, -0.2) is 25.2 Å². The maximum absolute atomic E-state index is 14.1. The summed E-state index contributed by atoms with van der Waals surface area (Å²) < 4.78 is 19.1. The molecule has 1 rings (SSSR count). The van der Waals surface area contributed by atoms with Gasteiger partial charge in [0.2, 0.25) is 0 Å². The van der Waals surface area contributed by atoms with Crippen LogP contribution < -0.4 is 10.6 Å². The number of anilines is 2. The molecule has 0 heterocycles. The molecule has 0 fully saturated rings. The molecular formula is C15H23FN2O2. The van der Waals surface area contributed by atoms with Crippen LogP contribution in [0.5, 0.6) is 0 Å². The molecule has 0 saturated carbocycles. The number of carbonyl (C=O) groups is 1. The molecule has 1 aromatic rings. The molecule has 1 atom stereocenters. The number of hydrogen-bond donors (Lipinski definition) is 1. The average Bonchev–Trinajstić information content (AvgIpc) is 2.41. The van der Waals surface area contributed by atoms with E-state index in [0.29, 0.717) is 12.2 Å². The van der Waals surface area contributed by atoms with Crippen LogP contribution in [0.4, 0.5) is 15.8 Å². The van der Waals surface area contributed by atoms with Crippen LogP contribution >= 0.6 is 0 Å². The van der Waals surface area contributed by atoms with Gasteiger partial charge in [-0.1, -0.05) is 6.92 Å². The molecule has 0 saturated heterocycles. The zero-order chi connectivity index (χ0) is 15.3. The highest BCUT2D eigenvalue weighted by Gasteiger charge is 2.20. The fraction of sp³-hybridized carbons (Fsp3) is 0.533. The Morgan fingerprint density at radius 1 is 1.40 bits per heavy atom. The first-order valence-corrected chi connectivity index (χ1v) is 6.98. The number of rotatable bonds is 6. The van der Waals surface area contributed by atoms with Crippen LogP contribution in [0, 0.1) is 5.82 Å². The number of carbonyl (C=O) groups excluding carboxylic acids is 1. The first kappa shape index (κ1) is 16.3. The lowest BCUT2D eigenvalue weighted by atomic mass is 10.1. The molecule has 0 aliphatic carbocycles. The summed E-state index contributed by atoms with van der Waals surface area (Å²) in [6.45, 7) is 8.63. The lowest BCUT2D eigenvalue weighted by Crippen LogP contribution is -2.33. The van der Waals surface area contributed by atoms with Gasteiger partial charge in [-0.3, -0.25) is 0 Å². The first-order valence-electron chi connectivity index (χ1n) is 6.98. The van der Waals surface area contributed by atoms with Crippen molar-refractivity contribution in [1.82, 2.24) is 0 Å². The maximum atomic E-state index is 14.1. The third-order valence-corrected chi connectivity index (χ3v) is 3.39. The molecule has 20 heavy (non-hydrogen) atoms. The molecule has 2 N–H and O–H groups in total. The van der Waals surface area contributed by atoms with Crippen molar-refractivity contribution in [3.8, 4) is 0 Å². The van der Waals surface area contributed by atoms with E-state index in [1.165, 1.54) is 12.1 Å². The smallest absolute Gasteiger partial charge is 0.340 e. The summed E-state index contributed by atoms with van der Waals surface area (Å²) in [5, 5.41) is 0. The van der Waals surface area contributed by atoms with Gasteiger partial charge in [0.05, 0.1) is 17.9 Å².